The highest BCUT2D eigenvalue weighted by Gasteiger charge is 2.16. The molecule has 0 saturated carbocycles. The molecule has 0 atom stereocenters. The Morgan fingerprint density at radius 3 is 2.74 bits per heavy atom. The van der Waals surface area contributed by atoms with E-state index in [2.05, 4.69) is 15.3 Å². The van der Waals surface area contributed by atoms with Crippen LogP contribution in [0.4, 0.5) is 0 Å². The van der Waals surface area contributed by atoms with Crippen LogP contribution < -0.4 is 5.32 Å². The molecule has 1 aromatic heterocycles. The quantitative estimate of drug-likeness (QED) is 0.742. The van der Waals surface area contributed by atoms with Gasteiger partial charge < -0.3 is 15.0 Å². The molecule has 1 heterocycles. The Hall–Kier alpha value is -1.73. The molecule has 0 bridgehead atoms. The van der Waals surface area contributed by atoms with Gasteiger partial charge in [-0.3, -0.25) is 9.59 Å². The Morgan fingerprint density at radius 2 is 2.16 bits per heavy atom. The topological polar surface area (TPSA) is 84.4 Å². The Balaban J connectivity index is 2.48. The van der Waals surface area contributed by atoms with E-state index in [1.54, 1.807) is 7.11 Å². The molecule has 0 aliphatic carbocycles. The van der Waals surface area contributed by atoms with E-state index in [1.165, 1.54) is 24.3 Å². The van der Waals surface area contributed by atoms with Crippen LogP contribution in [0.1, 0.15) is 10.5 Å². The summed E-state index contributed by atoms with van der Waals surface area (Å²) < 4.78 is 4.80. The maximum absolute atomic E-state index is 11.9. The lowest BCUT2D eigenvalue weighted by atomic mass is 10.3. The molecule has 0 aliphatic rings. The van der Waals surface area contributed by atoms with Gasteiger partial charge in [0.25, 0.3) is 5.91 Å². The molecular formula is C11H15ClN4O3. The average molecular weight is 287 g/mol. The summed E-state index contributed by atoms with van der Waals surface area (Å²) >= 11 is 5.58. The molecule has 1 rings (SSSR count). The first kappa shape index (κ1) is 15.3. The number of amides is 2. The summed E-state index contributed by atoms with van der Waals surface area (Å²) in [5.41, 5.74) is 0.136. The molecule has 1 aromatic rings. The first-order chi connectivity index (χ1) is 9.04. The second-order valence-electron chi connectivity index (χ2n) is 3.73. The number of carbonyl (C=O) groups is 2. The smallest absolute Gasteiger partial charge is 0.274 e. The fourth-order valence-electron chi connectivity index (χ4n) is 1.25. The highest BCUT2D eigenvalue weighted by Crippen LogP contribution is 2.03. The molecule has 0 unspecified atom stereocenters. The fourth-order valence-corrected chi connectivity index (χ4v) is 1.35. The van der Waals surface area contributed by atoms with Gasteiger partial charge in [0.2, 0.25) is 5.91 Å². The van der Waals surface area contributed by atoms with Gasteiger partial charge in [-0.25, -0.2) is 9.97 Å². The number of hydrogen-bond acceptors (Lipinski definition) is 5. The van der Waals surface area contributed by atoms with Crippen molar-refractivity contribution in [2.24, 2.45) is 0 Å². The van der Waals surface area contributed by atoms with Gasteiger partial charge in [-0.1, -0.05) is 11.6 Å². The molecule has 0 aliphatic heterocycles. The number of rotatable bonds is 6. The first-order valence-corrected chi connectivity index (χ1v) is 5.91. The SMILES string of the molecule is COCCNC(=O)CN(C)C(=O)c1cnc(Cl)cn1. The van der Waals surface area contributed by atoms with E-state index in [0.717, 1.165) is 0 Å². The number of halogens is 1. The molecule has 0 spiro atoms. The van der Waals surface area contributed by atoms with E-state index in [-0.39, 0.29) is 23.3 Å². The van der Waals surface area contributed by atoms with Gasteiger partial charge in [0, 0.05) is 20.7 Å². The number of nitrogens with zero attached hydrogens (tertiary/aromatic N) is 3. The third-order valence-electron chi connectivity index (χ3n) is 2.20. The van der Waals surface area contributed by atoms with Crippen molar-refractivity contribution < 1.29 is 14.3 Å². The van der Waals surface area contributed by atoms with Crippen molar-refractivity contribution >= 4 is 23.4 Å². The average Bonchev–Trinajstić information content (AvgIpc) is 2.39. The monoisotopic (exact) mass is 286 g/mol. The van der Waals surface area contributed by atoms with E-state index in [0.29, 0.717) is 13.2 Å². The minimum Gasteiger partial charge on any atom is -0.383 e. The molecule has 8 heteroatoms. The van der Waals surface area contributed by atoms with Gasteiger partial charge in [0.15, 0.2) is 0 Å². The van der Waals surface area contributed by atoms with Gasteiger partial charge in [-0.15, -0.1) is 0 Å². The lowest BCUT2D eigenvalue weighted by molar-refractivity contribution is -0.121. The number of hydrogen-bond donors (Lipinski definition) is 1. The first-order valence-electron chi connectivity index (χ1n) is 5.53. The van der Waals surface area contributed by atoms with Gasteiger partial charge in [0.05, 0.1) is 25.5 Å². The predicted molar refractivity (Wildman–Crippen MR) is 68.9 cm³/mol. The van der Waals surface area contributed by atoms with E-state index in [4.69, 9.17) is 16.3 Å². The van der Waals surface area contributed by atoms with Gasteiger partial charge in [-0.05, 0) is 0 Å². The van der Waals surface area contributed by atoms with Gasteiger partial charge in [0.1, 0.15) is 10.8 Å². The molecule has 0 aromatic carbocycles. The second-order valence-corrected chi connectivity index (χ2v) is 4.12. The third-order valence-corrected chi connectivity index (χ3v) is 2.39. The normalized spacial score (nSPS) is 10.1. The van der Waals surface area contributed by atoms with Gasteiger partial charge >= 0.3 is 0 Å². The number of nitrogens with one attached hydrogen (secondary N) is 1. The van der Waals surface area contributed by atoms with Crippen LogP contribution in [0, 0.1) is 0 Å². The molecule has 19 heavy (non-hydrogen) atoms. The summed E-state index contributed by atoms with van der Waals surface area (Å²) in [6, 6.07) is 0. The van der Waals surface area contributed by atoms with Crippen molar-refractivity contribution in [2.45, 2.75) is 0 Å². The predicted octanol–water partition coefficient (Wildman–Crippen LogP) is -0.0354. The summed E-state index contributed by atoms with van der Waals surface area (Å²) in [5, 5.41) is 2.82. The van der Waals surface area contributed by atoms with E-state index in [1.807, 2.05) is 0 Å². The zero-order valence-corrected chi connectivity index (χ0v) is 11.5. The second kappa shape index (κ2) is 7.65. The van der Waals surface area contributed by atoms with E-state index < -0.39 is 5.91 Å². The summed E-state index contributed by atoms with van der Waals surface area (Å²) in [6.07, 6.45) is 2.55. The molecule has 1 N–H and O–H groups in total. The Kier molecular flexibility index (Phi) is 6.17. The molecule has 0 saturated heterocycles. The standard InChI is InChI=1S/C11H15ClN4O3/c1-16(7-10(17)13-3-4-19-2)11(18)8-5-15-9(12)6-14-8/h5-6H,3-4,7H2,1-2H3,(H,13,17). The molecular weight excluding hydrogens is 272 g/mol. The van der Waals surface area contributed by atoms with Crippen molar-refractivity contribution in [1.82, 2.24) is 20.2 Å². The van der Waals surface area contributed by atoms with E-state index >= 15 is 0 Å². The highest BCUT2D eigenvalue weighted by molar-refractivity contribution is 6.29. The summed E-state index contributed by atoms with van der Waals surface area (Å²) in [5.74, 6) is -0.666. The molecule has 0 radical (unpaired) electrons. The maximum Gasteiger partial charge on any atom is 0.274 e. The zero-order chi connectivity index (χ0) is 14.3. The number of methoxy groups -OCH3 is 1. The maximum atomic E-state index is 11.9. The summed E-state index contributed by atoms with van der Waals surface area (Å²) in [4.78, 5) is 32.3. The van der Waals surface area contributed by atoms with Crippen LogP contribution in [0.2, 0.25) is 5.15 Å². The molecule has 0 fully saturated rings. The zero-order valence-electron chi connectivity index (χ0n) is 10.7. The summed E-state index contributed by atoms with van der Waals surface area (Å²) in [6.45, 7) is 0.761. The lowest BCUT2D eigenvalue weighted by Gasteiger charge is -2.16. The number of aromatic nitrogens is 2. The van der Waals surface area contributed by atoms with Crippen LogP contribution in [0.5, 0.6) is 0 Å². The van der Waals surface area contributed by atoms with Crippen LogP contribution in [-0.4, -0.2) is 60.5 Å². The Bertz CT molecular complexity index is 438. The lowest BCUT2D eigenvalue weighted by Crippen LogP contribution is -2.39. The van der Waals surface area contributed by atoms with Crippen molar-refractivity contribution in [3.8, 4) is 0 Å². The van der Waals surface area contributed by atoms with E-state index in [9.17, 15) is 9.59 Å². The Labute approximate surface area is 115 Å². The fraction of sp³-hybridized carbons (Fsp3) is 0.455. The third kappa shape index (κ3) is 5.19. The van der Waals surface area contributed by atoms with Crippen LogP contribution in [0.3, 0.4) is 0 Å². The van der Waals surface area contributed by atoms with Crippen molar-refractivity contribution in [1.29, 1.82) is 0 Å². The Morgan fingerprint density at radius 1 is 1.42 bits per heavy atom. The van der Waals surface area contributed by atoms with Crippen molar-refractivity contribution in [3.05, 3.63) is 23.2 Å². The number of carbonyl (C=O) groups excluding carboxylic acids is 2. The summed E-state index contributed by atoms with van der Waals surface area (Å²) in [7, 11) is 3.05. The van der Waals surface area contributed by atoms with Crippen molar-refractivity contribution in [3.63, 3.8) is 0 Å². The van der Waals surface area contributed by atoms with Crippen LogP contribution >= 0.6 is 11.6 Å². The van der Waals surface area contributed by atoms with Gasteiger partial charge in [-0.2, -0.15) is 0 Å². The largest absolute Gasteiger partial charge is 0.383 e. The van der Waals surface area contributed by atoms with Crippen LogP contribution in [-0.2, 0) is 9.53 Å². The van der Waals surface area contributed by atoms with Crippen molar-refractivity contribution in [2.75, 3.05) is 33.9 Å². The van der Waals surface area contributed by atoms with Crippen LogP contribution in [0.15, 0.2) is 12.4 Å². The minimum absolute atomic E-state index is 0.0626. The minimum atomic E-state index is -0.397. The number of ether oxygens (including phenoxy) is 1. The number of likely N-dealkylation sites (N-methyl/N-ethyl adjacent to an activating group) is 1. The van der Waals surface area contributed by atoms with Crippen LogP contribution in [0.25, 0.3) is 0 Å². The molecule has 104 valence electrons. The highest BCUT2D eigenvalue weighted by atomic mass is 35.5. The molecule has 7 nitrogen and oxygen atoms in total. The molecule has 2 amide bonds.